The molecule has 0 aromatic carbocycles. The first-order chi connectivity index (χ1) is 9.99. The molecule has 0 fully saturated rings. The van der Waals surface area contributed by atoms with Crippen molar-refractivity contribution in [3.8, 4) is 0 Å². The van der Waals surface area contributed by atoms with Crippen molar-refractivity contribution in [3.05, 3.63) is 22.5 Å². The molecule has 0 saturated carbocycles. The molecule has 1 unspecified atom stereocenters. The summed E-state index contributed by atoms with van der Waals surface area (Å²) >= 11 is 6.10. The first-order valence-electron chi connectivity index (χ1n) is 7.25. The number of aliphatic hydroxyl groups is 1. The summed E-state index contributed by atoms with van der Waals surface area (Å²) in [6.45, 7) is 4.68. The van der Waals surface area contributed by atoms with Gasteiger partial charge in [-0.2, -0.15) is 5.10 Å². The number of aromatic nitrogens is 2. The van der Waals surface area contributed by atoms with Gasteiger partial charge in [0.25, 0.3) is 0 Å². The van der Waals surface area contributed by atoms with E-state index in [4.69, 9.17) is 16.7 Å². The Kier molecular flexibility index (Phi) is 7.47. The van der Waals surface area contributed by atoms with E-state index in [9.17, 15) is 4.79 Å². The molecule has 1 aromatic heterocycles. The molecular formula is C15H24ClN3O2. The number of hydrogen-bond donors (Lipinski definition) is 2. The van der Waals surface area contributed by atoms with Gasteiger partial charge in [-0.1, -0.05) is 24.9 Å². The lowest BCUT2D eigenvalue weighted by Gasteiger charge is -2.14. The maximum Gasteiger partial charge on any atom is 0.244 e. The van der Waals surface area contributed by atoms with E-state index in [2.05, 4.69) is 17.3 Å². The first-order valence-corrected chi connectivity index (χ1v) is 7.63. The summed E-state index contributed by atoms with van der Waals surface area (Å²) in [7, 11) is 1.76. The second kappa shape index (κ2) is 8.85. The number of carbonyl (C=O) groups is 1. The summed E-state index contributed by atoms with van der Waals surface area (Å²) in [6.07, 6.45) is 5.91. The minimum Gasteiger partial charge on any atom is -0.396 e. The van der Waals surface area contributed by atoms with Crippen LogP contribution in [0.25, 0.3) is 6.08 Å². The van der Waals surface area contributed by atoms with Gasteiger partial charge in [-0.25, -0.2) is 0 Å². The van der Waals surface area contributed by atoms with E-state index in [0.29, 0.717) is 24.0 Å². The fraction of sp³-hybridized carbons (Fsp3) is 0.600. The molecular weight excluding hydrogens is 290 g/mol. The van der Waals surface area contributed by atoms with Gasteiger partial charge in [-0.05, 0) is 31.8 Å². The Balaban J connectivity index is 2.54. The number of aryl methyl sites for hydroxylation is 2. The van der Waals surface area contributed by atoms with Crippen molar-refractivity contribution in [1.29, 1.82) is 0 Å². The Morgan fingerprint density at radius 3 is 2.76 bits per heavy atom. The monoisotopic (exact) mass is 313 g/mol. The highest BCUT2D eigenvalue weighted by Gasteiger charge is 2.10. The van der Waals surface area contributed by atoms with Crippen LogP contribution in [0.5, 0.6) is 0 Å². The van der Waals surface area contributed by atoms with E-state index < -0.39 is 0 Å². The van der Waals surface area contributed by atoms with Crippen LogP contribution in [0.15, 0.2) is 6.08 Å². The quantitative estimate of drug-likeness (QED) is 0.724. The van der Waals surface area contributed by atoms with Gasteiger partial charge < -0.3 is 10.4 Å². The van der Waals surface area contributed by atoms with Crippen LogP contribution in [0.1, 0.15) is 37.4 Å². The molecule has 1 amide bonds. The second-order valence-electron chi connectivity index (χ2n) is 5.16. The van der Waals surface area contributed by atoms with Gasteiger partial charge in [0, 0.05) is 31.8 Å². The van der Waals surface area contributed by atoms with E-state index >= 15 is 0 Å². The molecule has 1 atom stereocenters. The van der Waals surface area contributed by atoms with E-state index in [-0.39, 0.29) is 12.5 Å². The predicted octanol–water partition coefficient (Wildman–Crippen LogP) is 2.31. The lowest BCUT2D eigenvalue weighted by Crippen LogP contribution is -2.28. The van der Waals surface area contributed by atoms with Gasteiger partial charge >= 0.3 is 0 Å². The Morgan fingerprint density at radius 1 is 1.52 bits per heavy atom. The fourth-order valence-corrected chi connectivity index (χ4v) is 2.48. The number of rotatable bonds is 8. The van der Waals surface area contributed by atoms with Crippen LogP contribution in [0.2, 0.25) is 5.15 Å². The molecule has 0 radical (unpaired) electrons. The summed E-state index contributed by atoms with van der Waals surface area (Å²) in [5.41, 5.74) is 1.55. The van der Waals surface area contributed by atoms with Crippen molar-refractivity contribution in [2.24, 2.45) is 13.0 Å². The molecule has 6 heteroatoms. The Labute approximate surface area is 131 Å². The summed E-state index contributed by atoms with van der Waals surface area (Å²) in [5.74, 6) is 0.162. The smallest absolute Gasteiger partial charge is 0.244 e. The minimum atomic E-state index is -0.159. The number of aliphatic hydroxyl groups excluding tert-OH is 1. The van der Waals surface area contributed by atoms with Crippen LogP contribution in [-0.2, 0) is 11.8 Å². The predicted molar refractivity (Wildman–Crippen MR) is 85.1 cm³/mol. The maximum absolute atomic E-state index is 11.8. The standard InChI is InChI=1S/C15H24ClN3O2/c1-4-5-12(8-9-20)10-17-14(21)7-6-13-11(2)18-19(3)15(13)16/h6-7,12,20H,4-5,8-10H2,1-3H3,(H,17,21)/b7-6+. The molecule has 0 saturated heterocycles. The number of nitrogens with one attached hydrogen (secondary N) is 1. The van der Waals surface area contributed by atoms with Gasteiger partial charge in [-0.3, -0.25) is 9.48 Å². The van der Waals surface area contributed by atoms with Crippen LogP contribution in [0.3, 0.4) is 0 Å². The van der Waals surface area contributed by atoms with Crippen molar-refractivity contribution >= 4 is 23.6 Å². The lowest BCUT2D eigenvalue weighted by molar-refractivity contribution is -0.116. The van der Waals surface area contributed by atoms with Gasteiger partial charge in [0.15, 0.2) is 0 Å². The zero-order chi connectivity index (χ0) is 15.8. The van der Waals surface area contributed by atoms with Crippen molar-refractivity contribution in [2.45, 2.75) is 33.1 Å². The molecule has 0 aliphatic heterocycles. The first kappa shape index (κ1) is 17.7. The summed E-state index contributed by atoms with van der Waals surface area (Å²) in [6, 6.07) is 0. The molecule has 118 valence electrons. The van der Waals surface area contributed by atoms with E-state index in [0.717, 1.165) is 24.1 Å². The van der Waals surface area contributed by atoms with Crippen LogP contribution < -0.4 is 5.32 Å². The molecule has 1 rings (SSSR count). The lowest BCUT2D eigenvalue weighted by atomic mass is 10.0. The van der Waals surface area contributed by atoms with Gasteiger partial charge in [0.1, 0.15) is 5.15 Å². The average Bonchev–Trinajstić information content (AvgIpc) is 2.68. The molecule has 21 heavy (non-hydrogen) atoms. The van der Waals surface area contributed by atoms with Gasteiger partial charge in [0.05, 0.1) is 5.69 Å². The van der Waals surface area contributed by atoms with Crippen LogP contribution in [-0.4, -0.2) is 33.9 Å². The third-order valence-corrected chi connectivity index (χ3v) is 3.84. The maximum atomic E-state index is 11.8. The second-order valence-corrected chi connectivity index (χ2v) is 5.52. The number of carbonyl (C=O) groups excluding carboxylic acids is 1. The fourth-order valence-electron chi connectivity index (χ4n) is 2.24. The van der Waals surface area contributed by atoms with Crippen molar-refractivity contribution in [1.82, 2.24) is 15.1 Å². The topological polar surface area (TPSA) is 67.2 Å². The summed E-state index contributed by atoms with van der Waals surface area (Å²) in [5, 5.41) is 16.6. The van der Waals surface area contributed by atoms with Crippen LogP contribution in [0, 0.1) is 12.8 Å². The van der Waals surface area contributed by atoms with E-state index in [1.54, 1.807) is 17.8 Å². The minimum absolute atomic E-state index is 0.154. The zero-order valence-electron chi connectivity index (χ0n) is 12.9. The number of nitrogens with zero attached hydrogens (tertiary/aromatic N) is 2. The molecule has 2 N–H and O–H groups in total. The van der Waals surface area contributed by atoms with Crippen molar-refractivity contribution in [3.63, 3.8) is 0 Å². The molecule has 0 spiro atoms. The third kappa shape index (κ3) is 5.52. The third-order valence-electron chi connectivity index (χ3n) is 3.40. The number of hydrogen-bond acceptors (Lipinski definition) is 3. The van der Waals surface area contributed by atoms with Crippen LogP contribution in [0.4, 0.5) is 0 Å². The van der Waals surface area contributed by atoms with Crippen LogP contribution >= 0.6 is 11.6 Å². The van der Waals surface area contributed by atoms with Crippen molar-refractivity contribution < 1.29 is 9.90 Å². The van der Waals surface area contributed by atoms with Crippen molar-refractivity contribution in [2.75, 3.05) is 13.2 Å². The highest BCUT2D eigenvalue weighted by molar-refractivity contribution is 6.31. The highest BCUT2D eigenvalue weighted by Crippen LogP contribution is 2.19. The molecule has 0 bridgehead atoms. The SMILES string of the molecule is CCCC(CCO)CNC(=O)/C=C/c1c(C)nn(C)c1Cl. The van der Waals surface area contributed by atoms with Gasteiger partial charge in [0.2, 0.25) is 5.91 Å². The Hall–Kier alpha value is -1.33. The average molecular weight is 314 g/mol. The highest BCUT2D eigenvalue weighted by atomic mass is 35.5. The zero-order valence-corrected chi connectivity index (χ0v) is 13.7. The Bertz CT molecular complexity index is 491. The van der Waals surface area contributed by atoms with Gasteiger partial charge in [-0.15, -0.1) is 0 Å². The molecule has 0 aliphatic rings. The number of amides is 1. The Morgan fingerprint density at radius 2 is 2.24 bits per heavy atom. The molecule has 0 aliphatic carbocycles. The molecule has 5 nitrogen and oxygen atoms in total. The van der Waals surface area contributed by atoms with E-state index in [1.807, 2.05) is 6.92 Å². The summed E-state index contributed by atoms with van der Waals surface area (Å²) in [4.78, 5) is 11.8. The molecule has 1 heterocycles. The summed E-state index contributed by atoms with van der Waals surface area (Å²) < 4.78 is 1.58. The normalized spacial score (nSPS) is 12.8. The van der Waals surface area contributed by atoms with E-state index in [1.165, 1.54) is 6.08 Å². The number of halogens is 1. The largest absolute Gasteiger partial charge is 0.396 e. The molecule has 1 aromatic rings.